The number of amides is 1. The number of nitrogens with zero attached hydrogens (tertiary/aromatic N) is 4. The van der Waals surface area contributed by atoms with Gasteiger partial charge in [0, 0.05) is 12.8 Å². The zero-order chi connectivity index (χ0) is 21.4. The monoisotopic (exact) mass is 434 g/mol. The lowest BCUT2D eigenvalue weighted by atomic mass is 10.2. The van der Waals surface area contributed by atoms with Gasteiger partial charge in [0.25, 0.3) is 5.56 Å². The first kappa shape index (κ1) is 19.1. The van der Waals surface area contributed by atoms with Crippen LogP contribution in [0.4, 0.5) is 9.52 Å². The molecule has 1 amide bonds. The summed E-state index contributed by atoms with van der Waals surface area (Å²) in [5.74, 6) is -0.246. The molecular weight excluding hydrogens is 419 g/mol. The number of hydrogen-bond donors (Lipinski definition) is 2. The minimum Gasteiger partial charge on any atom is -0.310 e. The molecule has 31 heavy (non-hydrogen) atoms. The number of thiazole rings is 1. The number of rotatable bonds is 5. The zero-order valence-corrected chi connectivity index (χ0v) is 16.8. The maximum atomic E-state index is 13.3. The second-order valence-electron chi connectivity index (χ2n) is 6.82. The van der Waals surface area contributed by atoms with Crippen LogP contribution in [0.25, 0.3) is 26.9 Å². The highest BCUT2D eigenvalue weighted by Crippen LogP contribution is 2.26. The summed E-state index contributed by atoms with van der Waals surface area (Å²) < 4.78 is 15.6. The topological polar surface area (TPSA) is 106 Å². The van der Waals surface area contributed by atoms with Gasteiger partial charge in [0.1, 0.15) is 17.0 Å². The van der Waals surface area contributed by atoms with Gasteiger partial charge in [0.05, 0.1) is 22.1 Å². The van der Waals surface area contributed by atoms with Crippen LogP contribution in [0.1, 0.15) is 12.2 Å². The molecule has 0 saturated heterocycles. The molecule has 0 bridgehead atoms. The van der Waals surface area contributed by atoms with Gasteiger partial charge < -0.3 is 10.3 Å². The fourth-order valence-electron chi connectivity index (χ4n) is 3.21. The maximum Gasteiger partial charge on any atom is 0.262 e. The minimum atomic E-state index is -0.353. The Bertz CT molecular complexity index is 1470. The van der Waals surface area contributed by atoms with E-state index in [9.17, 15) is 14.0 Å². The van der Waals surface area contributed by atoms with Gasteiger partial charge in [-0.3, -0.25) is 9.59 Å². The summed E-state index contributed by atoms with van der Waals surface area (Å²) in [7, 11) is 0. The molecule has 0 aliphatic heterocycles. The molecule has 0 aliphatic rings. The summed E-state index contributed by atoms with van der Waals surface area (Å²) in [5, 5.41) is 7.75. The van der Waals surface area contributed by atoms with Crippen molar-refractivity contribution in [1.29, 1.82) is 0 Å². The average molecular weight is 434 g/mol. The van der Waals surface area contributed by atoms with Gasteiger partial charge in [-0.25, -0.2) is 19.0 Å². The van der Waals surface area contributed by atoms with Crippen LogP contribution >= 0.6 is 11.3 Å². The molecule has 8 nitrogen and oxygen atoms in total. The van der Waals surface area contributed by atoms with Gasteiger partial charge in [0.2, 0.25) is 5.91 Å². The van der Waals surface area contributed by atoms with Gasteiger partial charge in [-0.2, -0.15) is 5.10 Å². The number of aromatic nitrogens is 5. The molecule has 5 rings (SSSR count). The van der Waals surface area contributed by atoms with Gasteiger partial charge >= 0.3 is 0 Å². The van der Waals surface area contributed by atoms with Gasteiger partial charge in [-0.15, -0.1) is 0 Å². The molecule has 10 heteroatoms. The van der Waals surface area contributed by atoms with E-state index in [1.54, 1.807) is 10.7 Å². The van der Waals surface area contributed by atoms with Crippen molar-refractivity contribution in [3.05, 3.63) is 76.7 Å². The molecule has 0 radical (unpaired) electrons. The highest BCUT2D eigenvalue weighted by Gasteiger charge is 2.13. The maximum absolute atomic E-state index is 13.3. The Balaban J connectivity index is 1.34. The van der Waals surface area contributed by atoms with E-state index in [-0.39, 0.29) is 30.1 Å². The molecule has 2 aromatic carbocycles. The predicted molar refractivity (Wildman–Crippen MR) is 116 cm³/mol. The quantitative estimate of drug-likeness (QED) is 0.441. The number of aryl methyl sites for hydroxylation is 1. The normalized spacial score (nSPS) is 11.3. The summed E-state index contributed by atoms with van der Waals surface area (Å²) in [5.41, 5.74) is 1.52. The first-order valence-electron chi connectivity index (χ1n) is 9.45. The van der Waals surface area contributed by atoms with Crippen molar-refractivity contribution in [3.8, 4) is 5.69 Å². The minimum absolute atomic E-state index is 0.0954. The van der Waals surface area contributed by atoms with Crippen LogP contribution in [-0.2, 0) is 11.2 Å². The van der Waals surface area contributed by atoms with Crippen molar-refractivity contribution < 1.29 is 9.18 Å². The molecule has 3 heterocycles. The van der Waals surface area contributed by atoms with Crippen LogP contribution in [-0.4, -0.2) is 30.6 Å². The second kappa shape index (κ2) is 7.73. The Morgan fingerprint density at radius 3 is 2.84 bits per heavy atom. The molecule has 154 valence electrons. The Kier molecular flexibility index (Phi) is 4.75. The summed E-state index contributed by atoms with van der Waals surface area (Å²) in [6.07, 6.45) is 1.80. The molecular formula is C21H15FN6O2S. The van der Waals surface area contributed by atoms with Gasteiger partial charge in [-0.05, 0) is 30.3 Å². The van der Waals surface area contributed by atoms with Gasteiger partial charge in [-0.1, -0.05) is 29.5 Å². The zero-order valence-electron chi connectivity index (χ0n) is 16.0. The van der Waals surface area contributed by atoms with Gasteiger partial charge in [0.15, 0.2) is 10.8 Å². The van der Waals surface area contributed by atoms with Crippen LogP contribution < -0.4 is 10.9 Å². The van der Waals surface area contributed by atoms with Crippen LogP contribution in [0.15, 0.2) is 59.5 Å². The largest absolute Gasteiger partial charge is 0.310 e. The van der Waals surface area contributed by atoms with Crippen molar-refractivity contribution in [2.24, 2.45) is 0 Å². The van der Waals surface area contributed by atoms with E-state index in [0.717, 1.165) is 5.69 Å². The molecule has 5 aromatic rings. The molecule has 3 aromatic heterocycles. The Morgan fingerprint density at radius 2 is 2.00 bits per heavy atom. The summed E-state index contributed by atoms with van der Waals surface area (Å²) in [6, 6.07) is 13.6. The number of para-hydroxylation sites is 1. The number of aromatic amines is 1. The molecule has 0 atom stereocenters. The van der Waals surface area contributed by atoms with E-state index in [1.807, 2.05) is 30.3 Å². The van der Waals surface area contributed by atoms with Crippen molar-refractivity contribution >= 4 is 43.6 Å². The molecule has 0 unspecified atom stereocenters. The fraction of sp³-hybridized carbons (Fsp3) is 0.0952. The molecule has 0 aliphatic carbocycles. The third-order valence-electron chi connectivity index (χ3n) is 4.67. The average Bonchev–Trinajstić information content (AvgIpc) is 3.36. The lowest BCUT2D eigenvalue weighted by Gasteiger charge is -2.05. The number of carbonyl (C=O) groups excluding carboxylic acids is 1. The summed E-state index contributed by atoms with van der Waals surface area (Å²) >= 11 is 1.20. The van der Waals surface area contributed by atoms with Crippen LogP contribution in [0.2, 0.25) is 0 Å². The third-order valence-corrected chi connectivity index (χ3v) is 5.61. The lowest BCUT2D eigenvalue weighted by molar-refractivity contribution is -0.116. The summed E-state index contributed by atoms with van der Waals surface area (Å²) in [6.45, 7) is 0. The Morgan fingerprint density at radius 1 is 1.16 bits per heavy atom. The fourth-order valence-corrected chi connectivity index (χ4v) is 4.11. The van der Waals surface area contributed by atoms with E-state index in [0.29, 0.717) is 32.2 Å². The first-order chi connectivity index (χ1) is 15.1. The van der Waals surface area contributed by atoms with Crippen LogP contribution in [0, 0.1) is 5.82 Å². The van der Waals surface area contributed by atoms with Crippen LogP contribution in [0.3, 0.4) is 0 Å². The Labute approximate surface area is 178 Å². The van der Waals surface area contributed by atoms with Crippen molar-refractivity contribution in [3.63, 3.8) is 0 Å². The van der Waals surface area contributed by atoms with E-state index in [4.69, 9.17) is 0 Å². The smallest absolute Gasteiger partial charge is 0.262 e. The number of hydrogen-bond acceptors (Lipinski definition) is 6. The highest BCUT2D eigenvalue weighted by atomic mass is 32.1. The number of carbonyl (C=O) groups is 1. The Hall–Kier alpha value is -3.92. The number of nitrogens with one attached hydrogen (secondary N) is 2. The number of H-pyrrole nitrogens is 1. The lowest BCUT2D eigenvalue weighted by Crippen LogP contribution is -2.16. The second-order valence-corrected chi connectivity index (χ2v) is 7.85. The predicted octanol–water partition coefficient (Wildman–Crippen LogP) is 3.43. The first-order valence-corrected chi connectivity index (χ1v) is 10.3. The standard InChI is InChI=1S/C21H15FN6O2S/c22-12-6-7-15-16(10-12)31-21(24-15)27-18(29)9-8-17-25-19-14(20(30)26-17)11-23-28(19)13-4-2-1-3-5-13/h1-7,10-11H,8-9H2,(H,24,27,29)(H,25,26,30). The molecule has 0 fully saturated rings. The summed E-state index contributed by atoms with van der Waals surface area (Å²) in [4.78, 5) is 36.3. The van der Waals surface area contributed by atoms with E-state index in [1.165, 1.54) is 29.7 Å². The molecule has 0 saturated carbocycles. The van der Waals surface area contributed by atoms with E-state index >= 15 is 0 Å². The van der Waals surface area contributed by atoms with E-state index in [2.05, 4.69) is 25.4 Å². The number of anilines is 1. The molecule has 0 spiro atoms. The van der Waals surface area contributed by atoms with Crippen molar-refractivity contribution in [2.45, 2.75) is 12.8 Å². The third kappa shape index (κ3) is 3.80. The van der Waals surface area contributed by atoms with Crippen molar-refractivity contribution in [1.82, 2.24) is 24.7 Å². The van der Waals surface area contributed by atoms with E-state index < -0.39 is 0 Å². The highest BCUT2D eigenvalue weighted by molar-refractivity contribution is 7.22. The van der Waals surface area contributed by atoms with Crippen molar-refractivity contribution in [2.75, 3.05) is 5.32 Å². The van der Waals surface area contributed by atoms with Crippen LogP contribution in [0.5, 0.6) is 0 Å². The number of halogens is 1. The number of fused-ring (bicyclic) bond motifs is 2. The number of benzene rings is 2. The SMILES string of the molecule is O=C(CCc1nc2c(cnn2-c2ccccc2)c(=O)[nH]1)Nc1nc2ccc(F)cc2s1. The molecule has 2 N–H and O–H groups in total.